The minimum absolute atomic E-state index is 0.0375. The lowest BCUT2D eigenvalue weighted by Crippen LogP contribution is -2.50. The molecule has 2 aromatic carbocycles. The molecule has 5 heterocycles. The van der Waals surface area contributed by atoms with Gasteiger partial charge in [0.25, 0.3) is 6.08 Å². The lowest BCUT2D eigenvalue weighted by atomic mass is 9.91. The van der Waals surface area contributed by atoms with E-state index < -0.39 is 40.8 Å². The molecule has 8 nitrogen and oxygen atoms in total. The van der Waals surface area contributed by atoms with Crippen LogP contribution in [0.5, 0.6) is 6.01 Å². The predicted molar refractivity (Wildman–Crippen MR) is 173 cm³/mol. The number of fused-ring (bicyclic) bond motifs is 3. The molecule has 7 rings (SSSR count). The van der Waals surface area contributed by atoms with Gasteiger partial charge in [0.1, 0.15) is 17.9 Å². The average molecular weight is 696 g/mol. The fraction of sp³-hybridized carbons (Fsp3) is 0.485. The molecule has 1 unspecified atom stereocenters. The first-order valence-corrected chi connectivity index (χ1v) is 16.5. The quantitative estimate of drug-likeness (QED) is 0.199. The summed E-state index contributed by atoms with van der Waals surface area (Å²) in [6.07, 6.45) is -0.812. The number of halogens is 7. The minimum Gasteiger partial charge on any atom is -0.461 e. The number of benzene rings is 2. The average Bonchev–Trinajstić information content (AvgIpc) is 3.76. The number of hydrogen-bond acceptors (Lipinski definition) is 7. The van der Waals surface area contributed by atoms with Crippen LogP contribution in [0.3, 0.4) is 0 Å². The van der Waals surface area contributed by atoms with Crippen molar-refractivity contribution in [3.05, 3.63) is 52.5 Å². The van der Waals surface area contributed by atoms with E-state index in [1.165, 1.54) is 25.3 Å². The summed E-state index contributed by atoms with van der Waals surface area (Å²) >= 11 is 6.67. The van der Waals surface area contributed by atoms with Crippen molar-refractivity contribution in [2.45, 2.75) is 64.2 Å². The number of ether oxygens (including phenoxy) is 1. The Bertz CT molecular complexity index is 1850. The number of nitrogens with one attached hydrogen (secondary N) is 2. The van der Waals surface area contributed by atoms with Crippen LogP contribution >= 0.6 is 11.6 Å². The number of rotatable bonds is 6. The number of alkyl halides is 3. The molecular weight excluding hydrogens is 660 g/mol. The Morgan fingerprint density at radius 3 is 2.50 bits per heavy atom. The van der Waals surface area contributed by atoms with E-state index in [0.717, 1.165) is 44.8 Å². The van der Waals surface area contributed by atoms with E-state index >= 15 is 4.39 Å². The van der Waals surface area contributed by atoms with Crippen LogP contribution in [0.4, 0.5) is 32.2 Å². The van der Waals surface area contributed by atoms with Crippen LogP contribution in [0.25, 0.3) is 32.9 Å². The minimum atomic E-state index is -4.84. The van der Waals surface area contributed by atoms with Gasteiger partial charge in [-0.2, -0.15) is 37.0 Å². The Labute approximate surface area is 278 Å². The highest BCUT2D eigenvalue weighted by Gasteiger charge is 2.45. The monoisotopic (exact) mass is 695 g/mol. The van der Waals surface area contributed by atoms with E-state index in [1.807, 2.05) is 13.8 Å². The summed E-state index contributed by atoms with van der Waals surface area (Å²) in [6, 6.07) is 1.75. The number of anilines is 1. The molecule has 0 saturated carbocycles. The van der Waals surface area contributed by atoms with Crippen LogP contribution < -0.4 is 15.0 Å². The molecule has 15 heteroatoms. The predicted octanol–water partition coefficient (Wildman–Crippen LogP) is 7.88. The van der Waals surface area contributed by atoms with Crippen LogP contribution in [0, 0.1) is 12.7 Å². The molecule has 2 aromatic heterocycles. The van der Waals surface area contributed by atoms with Gasteiger partial charge in [-0.3, -0.25) is 10.00 Å². The van der Waals surface area contributed by atoms with Crippen molar-refractivity contribution in [1.29, 1.82) is 0 Å². The van der Waals surface area contributed by atoms with Crippen molar-refractivity contribution in [2.24, 2.45) is 0 Å². The van der Waals surface area contributed by atoms with E-state index in [2.05, 4.69) is 30.4 Å². The molecule has 2 N–H and O–H groups in total. The molecule has 0 radical (unpaired) electrons. The SMILES string of the molecule is CC.Cc1cc2[nH]ncc2c(-c2c(Cl)cc3c(N4CCNC(C=C(F)F)C4)nc(OCC45CCCN4CCC5)nc3c2F)c1C(F)(F)F. The number of piperazine rings is 1. The first kappa shape index (κ1) is 34.3. The number of aryl methyl sites for hydroxylation is 1. The third-order valence-electron chi connectivity index (χ3n) is 9.43. The normalized spacial score (nSPS) is 19.4. The van der Waals surface area contributed by atoms with Gasteiger partial charge in [-0.05, 0) is 69.5 Å². The third kappa shape index (κ3) is 6.18. The van der Waals surface area contributed by atoms with E-state index in [-0.39, 0.29) is 62.9 Å². The Hall–Kier alpha value is -3.62. The Morgan fingerprint density at radius 2 is 1.81 bits per heavy atom. The van der Waals surface area contributed by atoms with Crippen molar-refractivity contribution < 1.29 is 31.1 Å². The maximum Gasteiger partial charge on any atom is 0.417 e. The second-order valence-electron chi connectivity index (χ2n) is 12.2. The molecule has 48 heavy (non-hydrogen) atoms. The maximum atomic E-state index is 16.9. The summed E-state index contributed by atoms with van der Waals surface area (Å²) in [5, 5.41) is 9.42. The molecule has 3 fully saturated rings. The number of aromatic amines is 1. The maximum absolute atomic E-state index is 16.9. The fourth-order valence-corrected chi connectivity index (χ4v) is 7.73. The van der Waals surface area contributed by atoms with Crippen molar-refractivity contribution in [1.82, 2.24) is 30.4 Å². The molecule has 0 spiro atoms. The highest BCUT2D eigenvalue weighted by atomic mass is 35.5. The van der Waals surface area contributed by atoms with Gasteiger partial charge in [0.2, 0.25) is 0 Å². The van der Waals surface area contributed by atoms with E-state index in [9.17, 15) is 22.0 Å². The molecule has 0 bridgehead atoms. The van der Waals surface area contributed by atoms with Gasteiger partial charge >= 0.3 is 12.2 Å². The van der Waals surface area contributed by atoms with Gasteiger partial charge in [-0.25, -0.2) is 4.39 Å². The molecular formula is C33H36ClF6N7O. The zero-order valence-electron chi connectivity index (χ0n) is 26.7. The van der Waals surface area contributed by atoms with Gasteiger partial charge in [0, 0.05) is 47.6 Å². The summed E-state index contributed by atoms with van der Waals surface area (Å²) in [7, 11) is 0. The Kier molecular flexibility index (Phi) is 9.53. The van der Waals surface area contributed by atoms with E-state index in [1.54, 1.807) is 4.90 Å². The first-order chi connectivity index (χ1) is 22.9. The van der Waals surface area contributed by atoms with Crippen LogP contribution in [-0.2, 0) is 6.18 Å². The Balaban J connectivity index is 0.00000197. The molecule has 258 valence electrons. The zero-order chi connectivity index (χ0) is 34.4. The van der Waals surface area contributed by atoms with E-state index in [4.69, 9.17) is 16.3 Å². The van der Waals surface area contributed by atoms with Gasteiger partial charge in [-0.1, -0.05) is 25.4 Å². The van der Waals surface area contributed by atoms with Gasteiger partial charge in [-0.15, -0.1) is 0 Å². The van der Waals surface area contributed by atoms with Crippen LogP contribution in [0.2, 0.25) is 5.02 Å². The van der Waals surface area contributed by atoms with Gasteiger partial charge in [0.15, 0.2) is 5.82 Å². The molecule has 0 aliphatic carbocycles. The third-order valence-corrected chi connectivity index (χ3v) is 9.73. The number of aromatic nitrogens is 4. The molecule has 4 aromatic rings. The molecule has 3 saturated heterocycles. The van der Waals surface area contributed by atoms with Crippen molar-refractivity contribution in [2.75, 3.05) is 44.2 Å². The summed E-state index contributed by atoms with van der Waals surface area (Å²) < 4.78 is 93.0. The first-order valence-electron chi connectivity index (χ1n) is 16.1. The van der Waals surface area contributed by atoms with Crippen LogP contribution in [0.1, 0.15) is 50.7 Å². The molecule has 1 atom stereocenters. The summed E-state index contributed by atoms with van der Waals surface area (Å²) in [5.74, 6) is -0.898. The number of nitrogens with zero attached hydrogens (tertiary/aromatic N) is 5. The smallest absolute Gasteiger partial charge is 0.417 e. The lowest BCUT2D eigenvalue weighted by molar-refractivity contribution is -0.137. The Morgan fingerprint density at radius 1 is 1.08 bits per heavy atom. The lowest BCUT2D eigenvalue weighted by Gasteiger charge is -2.34. The topological polar surface area (TPSA) is 82.2 Å². The largest absolute Gasteiger partial charge is 0.461 e. The molecule has 3 aliphatic rings. The zero-order valence-corrected chi connectivity index (χ0v) is 27.5. The fourth-order valence-electron chi connectivity index (χ4n) is 7.44. The summed E-state index contributed by atoms with van der Waals surface area (Å²) in [4.78, 5) is 13.1. The van der Waals surface area contributed by atoms with E-state index in [0.29, 0.717) is 13.1 Å². The highest BCUT2D eigenvalue weighted by Crippen LogP contribution is 2.48. The van der Waals surface area contributed by atoms with Crippen LogP contribution in [-0.4, -0.2) is 76.0 Å². The number of H-pyrrole nitrogens is 1. The second kappa shape index (κ2) is 13.4. The van der Waals surface area contributed by atoms with Gasteiger partial charge < -0.3 is 15.0 Å². The standard InChI is InChI=1S/C31H30ClF6N7O.C2H6/c1-16-10-21-19(13-40-43-21)23(25(16)31(36,37)38)24-20(32)12-18-27(26(24)35)41-29(46-15-30-4-2-7-45(30)8-3-5-30)42-28(18)44-9-6-39-17(14-44)11-22(33)34;1-2/h10-13,17,39H,2-9,14-15H2,1H3,(H,40,43);1-2H3. The van der Waals surface area contributed by atoms with Gasteiger partial charge in [0.05, 0.1) is 27.8 Å². The highest BCUT2D eigenvalue weighted by molar-refractivity contribution is 6.35. The molecule has 3 aliphatic heterocycles. The van der Waals surface area contributed by atoms with Crippen molar-refractivity contribution >= 4 is 39.2 Å². The number of hydrogen-bond donors (Lipinski definition) is 2. The summed E-state index contributed by atoms with van der Waals surface area (Å²) in [6.45, 7) is 8.15. The van der Waals surface area contributed by atoms with Crippen molar-refractivity contribution in [3.8, 4) is 17.1 Å². The van der Waals surface area contributed by atoms with Crippen molar-refractivity contribution in [3.63, 3.8) is 0 Å². The van der Waals surface area contributed by atoms with Crippen LogP contribution in [0.15, 0.2) is 30.5 Å². The second-order valence-corrected chi connectivity index (χ2v) is 12.6. The summed E-state index contributed by atoms with van der Waals surface area (Å²) in [5.41, 5.74) is -2.33. The molecule has 0 amide bonds.